The van der Waals surface area contributed by atoms with E-state index in [0.717, 1.165) is 44.0 Å². The van der Waals surface area contributed by atoms with Crippen LogP contribution in [0.15, 0.2) is 42.6 Å². The first-order valence-corrected chi connectivity index (χ1v) is 14.6. The van der Waals surface area contributed by atoms with E-state index in [4.69, 9.17) is 0 Å². The van der Waals surface area contributed by atoms with Crippen molar-refractivity contribution in [1.82, 2.24) is 10.3 Å². The maximum Gasteiger partial charge on any atom is 0.488 e. The minimum absolute atomic E-state index is 0.0727. The maximum absolute atomic E-state index is 13.3. The largest absolute Gasteiger partial charge is 0.488 e. The van der Waals surface area contributed by atoms with E-state index in [1.807, 2.05) is 18.3 Å². The standard InChI is InChI=1S/C32H39BN2O4/c1-19-4-3-5-25-22(18-35-31(19)25)13-15-34-29(37)11-7-21-17-28(36)32(2)14-12-26-24-10-8-23(33(38)39)16-20(24)6-9-27(26)30(21)32/h3-5,8,10,16,18,21,26-27,30,35,38-39H,6-7,9,11-15,17H2,1-2H3,(H,34,37)/t21-,26?,27?,30?,32-/m1/s1. The first kappa shape index (κ1) is 26.3. The number of aromatic nitrogens is 1. The van der Waals surface area contributed by atoms with E-state index in [-0.39, 0.29) is 17.2 Å². The minimum atomic E-state index is -1.45. The van der Waals surface area contributed by atoms with E-state index >= 15 is 0 Å². The lowest BCUT2D eigenvalue weighted by atomic mass is 9.53. The van der Waals surface area contributed by atoms with E-state index < -0.39 is 7.12 Å². The van der Waals surface area contributed by atoms with E-state index in [1.165, 1.54) is 27.6 Å². The normalized spacial score (nSPS) is 27.6. The van der Waals surface area contributed by atoms with Crippen molar-refractivity contribution < 1.29 is 19.6 Å². The molecule has 2 aromatic carbocycles. The van der Waals surface area contributed by atoms with Crippen LogP contribution in [0.3, 0.4) is 0 Å². The van der Waals surface area contributed by atoms with Crippen molar-refractivity contribution in [3.8, 4) is 0 Å². The molecule has 0 aliphatic heterocycles. The molecular formula is C32H39BN2O4. The third kappa shape index (κ3) is 4.64. The topological polar surface area (TPSA) is 102 Å². The lowest BCUT2D eigenvalue weighted by Crippen LogP contribution is -2.44. The Hall–Kier alpha value is -2.90. The van der Waals surface area contributed by atoms with Crippen LogP contribution in [0.25, 0.3) is 10.9 Å². The highest BCUT2D eigenvalue weighted by Crippen LogP contribution is 2.62. The Bertz CT molecular complexity index is 1410. The van der Waals surface area contributed by atoms with Crippen molar-refractivity contribution in [2.24, 2.45) is 23.2 Å². The molecular weight excluding hydrogens is 487 g/mol. The summed E-state index contributed by atoms with van der Waals surface area (Å²) in [5, 5.41) is 23.6. The van der Waals surface area contributed by atoms with Crippen molar-refractivity contribution in [2.75, 3.05) is 6.54 Å². The Morgan fingerprint density at radius 3 is 2.87 bits per heavy atom. The molecule has 6 nitrogen and oxygen atoms in total. The van der Waals surface area contributed by atoms with Gasteiger partial charge in [0.15, 0.2) is 0 Å². The van der Waals surface area contributed by atoms with Crippen LogP contribution in [0.4, 0.5) is 0 Å². The van der Waals surface area contributed by atoms with Gasteiger partial charge in [-0.05, 0) is 96.8 Å². The second-order valence-electron chi connectivity index (χ2n) is 12.5. The second-order valence-corrected chi connectivity index (χ2v) is 12.5. The number of aromatic amines is 1. The van der Waals surface area contributed by atoms with Gasteiger partial charge in [-0.2, -0.15) is 0 Å². The Morgan fingerprint density at radius 2 is 2.05 bits per heavy atom. The number of hydrogen-bond acceptors (Lipinski definition) is 4. The van der Waals surface area contributed by atoms with E-state index in [9.17, 15) is 19.6 Å². The van der Waals surface area contributed by atoms with Crippen molar-refractivity contribution >= 4 is 35.2 Å². The number of aryl methyl sites for hydroxylation is 2. The highest BCUT2D eigenvalue weighted by molar-refractivity contribution is 6.58. The maximum atomic E-state index is 13.3. The van der Waals surface area contributed by atoms with Crippen LogP contribution < -0.4 is 10.8 Å². The van der Waals surface area contributed by atoms with Gasteiger partial charge < -0.3 is 20.3 Å². The number of H-pyrrole nitrogens is 1. The molecule has 1 amide bonds. The summed E-state index contributed by atoms with van der Waals surface area (Å²) in [4.78, 5) is 29.5. The van der Waals surface area contributed by atoms with Crippen LogP contribution in [0.1, 0.15) is 73.6 Å². The fraction of sp³-hybridized carbons (Fsp3) is 0.500. The average molecular weight is 526 g/mol. The number of amides is 1. The zero-order valence-electron chi connectivity index (χ0n) is 23.0. The van der Waals surface area contributed by atoms with Gasteiger partial charge in [-0.3, -0.25) is 9.59 Å². The molecule has 39 heavy (non-hydrogen) atoms. The number of para-hydroxylation sites is 1. The number of hydrogen-bond donors (Lipinski definition) is 4. The smallest absolute Gasteiger partial charge is 0.423 e. The van der Waals surface area contributed by atoms with Gasteiger partial charge in [-0.25, -0.2) is 0 Å². The molecule has 1 heterocycles. The second kappa shape index (κ2) is 10.3. The third-order valence-electron chi connectivity index (χ3n) is 10.4. The summed E-state index contributed by atoms with van der Waals surface area (Å²) in [7, 11) is -1.45. The van der Waals surface area contributed by atoms with Gasteiger partial charge in [0, 0.05) is 41.9 Å². The van der Waals surface area contributed by atoms with E-state index in [2.05, 4.69) is 48.4 Å². The molecule has 2 saturated carbocycles. The first-order valence-electron chi connectivity index (χ1n) is 14.6. The quantitative estimate of drug-likeness (QED) is 0.350. The molecule has 5 atom stereocenters. The molecule has 0 saturated heterocycles. The molecule has 3 aliphatic carbocycles. The zero-order chi connectivity index (χ0) is 27.3. The number of rotatable bonds is 7. The predicted molar refractivity (Wildman–Crippen MR) is 154 cm³/mol. The van der Waals surface area contributed by atoms with Gasteiger partial charge in [0.25, 0.3) is 0 Å². The van der Waals surface area contributed by atoms with Crippen molar-refractivity contribution in [2.45, 2.75) is 71.1 Å². The third-order valence-corrected chi connectivity index (χ3v) is 10.4. The molecule has 0 spiro atoms. The molecule has 0 radical (unpaired) electrons. The fourth-order valence-corrected chi connectivity index (χ4v) is 8.40. The summed E-state index contributed by atoms with van der Waals surface area (Å²) in [5.74, 6) is 1.85. The van der Waals surface area contributed by atoms with Crippen LogP contribution in [0, 0.1) is 30.1 Å². The zero-order valence-corrected chi connectivity index (χ0v) is 23.0. The van der Waals surface area contributed by atoms with Gasteiger partial charge in [-0.15, -0.1) is 0 Å². The van der Waals surface area contributed by atoms with Gasteiger partial charge in [0.05, 0.1) is 0 Å². The molecule has 4 N–H and O–H groups in total. The number of fused-ring (bicyclic) bond motifs is 6. The molecule has 6 rings (SSSR count). The summed E-state index contributed by atoms with van der Waals surface area (Å²) >= 11 is 0. The Kier molecular flexibility index (Phi) is 6.92. The lowest BCUT2D eigenvalue weighted by Gasteiger charge is -2.50. The number of nitrogens with one attached hydrogen (secondary N) is 2. The molecule has 0 bridgehead atoms. The predicted octanol–water partition coefficient (Wildman–Crippen LogP) is 3.95. The molecule has 3 unspecified atom stereocenters. The van der Waals surface area contributed by atoms with Gasteiger partial charge in [0.2, 0.25) is 5.91 Å². The first-order chi connectivity index (χ1) is 18.8. The van der Waals surface area contributed by atoms with E-state index in [1.54, 1.807) is 0 Å². The number of carbonyl (C=O) groups excluding carboxylic acids is 2. The molecule has 3 aromatic rings. The number of Topliss-reactive ketones (excluding diaryl/α,β-unsaturated/α-hetero) is 1. The molecule has 1 aromatic heterocycles. The Morgan fingerprint density at radius 1 is 1.21 bits per heavy atom. The highest BCUT2D eigenvalue weighted by atomic mass is 16.4. The van der Waals surface area contributed by atoms with Gasteiger partial charge >= 0.3 is 7.12 Å². The van der Waals surface area contributed by atoms with Crippen molar-refractivity contribution in [3.63, 3.8) is 0 Å². The van der Waals surface area contributed by atoms with Crippen LogP contribution in [0.5, 0.6) is 0 Å². The Labute approximate surface area is 230 Å². The fourth-order valence-electron chi connectivity index (χ4n) is 8.40. The molecule has 2 fully saturated rings. The SMILES string of the molecule is Cc1cccc2c(CCNC(=O)CC[C@@H]3CC(=O)[C@@]4(C)CCC5c6ccc(B(O)O)cc6CCC5C34)c[nH]c12. The summed E-state index contributed by atoms with van der Waals surface area (Å²) in [6.07, 6.45) is 8.46. The molecule has 204 valence electrons. The molecule has 7 heteroatoms. The summed E-state index contributed by atoms with van der Waals surface area (Å²) in [6.45, 7) is 4.89. The summed E-state index contributed by atoms with van der Waals surface area (Å²) < 4.78 is 0. The number of carbonyl (C=O) groups is 2. The van der Waals surface area contributed by atoms with Crippen LogP contribution in [0.2, 0.25) is 0 Å². The average Bonchev–Trinajstić information content (AvgIpc) is 3.45. The monoisotopic (exact) mass is 526 g/mol. The Balaban J connectivity index is 1.10. The van der Waals surface area contributed by atoms with Crippen molar-refractivity contribution in [3.05, 3.63) is 64.8 Å². The lowest BCUT2D eigenvalue weighted by molar-refractivity contribution is -0.129. The minimum Gasteiger partial charge on any atom is -0.423 e. The summed E-state index contributed by atoms with van der Waals surface area (Å²) in [5.41, 5.74) is 6.41. The van der Waals surface area contributed by atoms with Gasteiger partial charge in [-0.1, -0.05) is 43.3 Å². The van der Waals surface area contributed by atoms with Crippen LogP contribution in [-0.2, 0) is 22.4 Å². The van der Waals surface area contributed by atoms with E-state index in [0.29, 0.717) is 48.4 Å². The number of ketones is 1. The molecule has 3 aliphatic rings. The van der Waals surface area contributed by atoms with Crippen LogP contribution in [-0.4, -0.2) is 40.4 Å². The summed E-state index contributed by atoms with van der Waals surface area (Å²) in [6, 6.07) is 12.2. The highest BCUT2D eigenvalue weighted by Gasteiger charge is 2.58. The van der Waals surface area contributed by atoms with Crippen molar-refractivity contribution in [1.29, 1.82) is 0 Å². The van der Waals surface area contributed by atoms with Crippen LogP contribution >= 0.6 is 0 Å². The van der Waals surface area contributed by atoms with Gasteiger partial charge in [0.1, 0.15) is 5.78 Å². The number of benzene rings is 2.